The van der Waals surface area contributed by atoms with Gasteiger partial charge in [0.1, 0.15) is 27.4 Å². The second-order valence-corrected chi connectivity index (χ2v) is 5.59. The van der Waals surface area contributed by atoms with E-state index in [9.17, 15) is 0 Å². The highest BCUT2D eigenvalue weighted by atomic mass is 35.5. The first kappa shape index (κ1) is 11.9. The smallest absolute Gasteiger partial charge is 0.136 e. The van der Waals surface area contributed by atoms with Gasteiger partial charge in [0.15, 0.2) is 0 Å². The number of halogens is 1. The van der Waals surface area contributed by atoms with Gasteiger partial charge in [-0.2, -0.15) is 0 Å². The van der Waals surface area contributed by atoms with Crippen molar-refractivity contribution in [2.75, 3.05) is 0 Å². The Morgan fingerprint density at radius 3 is 2.83 bits per heavy atom. The van der Waals surface area contributed by atoms with Gasteiger partial charge in [-0.1, -0.05) is 11.6 Å². The monoisotopic (exact) mass is 278 g/mol. The Morgan fingerprint density at radius 1 is 1.33 bits per heavy atom. The summed E-state index contributed by atoms with van der Waals surface area (Å²) in [5, 5.41) is 2.30. The lowest BCUT2D eigenvalue weighted by Crippen LogP contribution is -1.98. The molecule has 1 aliphatic carbocycles. The predicted octanol–water partition coefficient (Wildman–Crippen LogP) is 3.26. The van der Waals surface area contributed by atoms with E-state index in [1.54, 1.807) is 6.20 Å². The number of hydrogen-bond donors (Lipinski definition) is 0. The normalized spacial score (nSPS) is 14.8. The van der Waals surface area contributed by atoms with E-state index in [0.717, 1.165) is 34.3 Å². The highest BCUT2D eigenvalue weighted by Crippen LogP contribution is 2.40. The minimum Gasteiger partial charge on any atom is -0.245 e. The van der Waals surface area contributed by atoms with Crippen LogP contribution in [0.25, 0.3) is 0 Å². The first-order valence-corrected chi connectivity index (χ1v) is 6.91. The molecule has 2 aromatic rings. The fraction of sp³-hybridized carbons (Fsp3) is 0.333. The Labute approximate surface area is 114 Å². The first-order chi connectivity index (χ1) is 8.74. The first-order valence-electron chi connectivity index (χ1n) is 5.72. The molecule has 0 N–H and O–H groups in total. The van der Waals surface area contributed by atoms with Crippen LogP contribution >= 0.6 is 23.4 Å². The molecule has 0 radical (unpaired) electrons. The van der Waals surface area contributed by atoms with Gasteiger partial charge in [-0.15, -0.1) is 0 Å². The third kappa shape index (κ3) is 2.47. The Kier molecular flexibility index (Phi) is 3.18. The molecule has 1 saturated carbocycles. The molecule has 2 heterocycles. The summed E-state index contributed by atoms with van der Waals surface area (Å²) in [4.78, 5) is 17.0. The van der Waals surface area contributed by atoms with Crippen molar-refractivity contribution in [1.29, 1.82) is 0 Å². The third-order valence-corrected chi connectivity index (χ3v) is 4.17. The van der Waals surface area contributed by atoms with Crippen molar-refractivity contribution >= 4 is 23.4 Å². The molecule has 0 saturated heterocycles. The molecule has 3 rings (SSSR count). The minimum atomic E-state index is 0.493. The highest BCUT2D eigenvalue weighted by Gasteiger charge is 2.28. The Hall–Kier alpha value is -1.20. The van der Waals surface area contributed by atoms with Crippen LogP contribution < -0.4 is 0 Å². The molecule has 92 valence electrons. The lowest BCUT2D eigenvalue weighted by atomic mass is 10.3. The second-order valence-electron chi connectivity index (χ2n) is 4.23. The van der Waals surface area contributed by atoms with Crippen LogP contribution in [-0.2, 0) is 0 Å². The molecular weight excluding hydrogens is 268 g/mol. The molecule has 1 fully saturated rings. The van der Waals surface area contributed by atoms with Crippen molar-refractivity contribution in [3.63, 3.8) is 0 Å². The van der Waals surface area contributed by atoms with Crippen LogP contribution in [0.1, 0.15) is 30.1 Å². The van der Waals surface area contributed by atoms with Crippen LogP contribution in [0.4, 0.5) is 0 Å². The number of nitrogens with zero attached hydrogens (tertiary/aromatic N) is 4. The van der Waals surface area contributed by atoms with Crippen LogP contribution in [0.3, 0.4) is 0 Å². The molecule has 18 heavy (non-hydrogen) atoms. The van der Waals surface area contributed by atoms with E-state index in [2.05, 4.69) is 19.9 Å². The van der Waals surface area contributed by atoms with Gasteiger partial charge in [0.05, 0.1) is 0 Å². The number of aromatic nitrogens is 4. The summed E-state index contributed by atoms with van der Waals surface area (Å²) < 4.78 is 0. The summed E-state index contributed by atoms with van der Waals surface area (Å²) >= 11 is 7.66. The van der Waals surface area contributed by atoms with E-state index in [1.807, 2.05) is 13.0 Å². The maximum atomic E-state index is 6.16. The van der Waals surface area contributed by atoms with Crippen molar-refractivity contribution in [3.8, 4) is 0 Å². The Morgan fingerprint density at radius 2 is 2.17 bits per heavy atom. The number of hydrogen-bond acceptors (Lipinski definition) is 5. The summed E-state index contributed by atoms with van der Waals surface area (Å²) in [6, 6.07) is 1.86. The predicted molar refractivity (Wildman–Crippen MR) is 69.9 cm³/mol. The zero-order valence-electron chi connectivity index (χ0n) is 9.80. The van der Waals surface area contributed by atoms with E-state index in [0.29, 0.717) is 11.1 Å². The van der Waals surface area contributed by atoms with E-state index in [1.165, 1.54) is 18.1 Å². The summed E-state index contributed by atoms with van der Waals surface area (Å²) in [6.45, 7) is 1.93. The van der Waals surface area contributed by atoms with Crippen LogP contribution in [0, 0.1) is 6.92 Å². The standard InChI is InChI=1S/C12H11ClN4S/c1-7-10(13)16-11(8-2-3-8)17-12(7)18-9-4-5-14-6-15-9/h4-6,8H,2-3H2,1H3. The summed E-state index contributed by atoms with van der Waals surface area (Å²) in [5.41, 5.74) is 0.907. The summed E-state index contributed by atoms with van der Waals surface area (Å²) in [6.07, 6.45) is 5.57. The Balaban J connectivity index is 1.95. The molecule has 0 atom stereocenters. The second kappa shape index (κ2) is 4.82. The van der Waals surface area contributed by atoms with Crippen molar-refractivity contribution in [2.24, 2.45) is 0 Å². The van der Waals surface area contributed by atoms with Crippen molar-refractivity contribution < 1.29 is 0 Å². The fourth-order valence-corrected chi connectivity index (χ4v) is 2.59. The SMILES string of the molecule is Cc1c(Cl)nc(C2CC2)nc1Sc1ccncn1. The van der Waals surface area contributed by atoms with Gasteiger partial charge in [0.25, 0.3) is 0 Å². The van der Waals surface area contributed by atoms with Crippen LogP contribution in [0.2, 0.25) is 5.15 Å². The van der Waals surface area contributed by atoms with E-state index >= 15 is 0 Å². The third-order valence-electron chi connectivity index (χ3n) is 2.76. The highest BCUT2D eigenvalue weighted by molar-refractivity contribution is 7.99. The molecule has 2 aromatic heterocycles. The van der Waals surface area contributed by atoms with Crippen LogP contribution in [-0.4, -0.2) is 19.9 Å². The summed E-state index contributed by atoms with van der Waals surface area (Å²) in [7, 11) is 0. The number of rotatable bonds is 3. The van der Waals surface area contributed by atoms with Crippen molar-refractivity contribution in [2.45, 2.75) is 35.7 Å². The topological polar surface area (TPSA) is 51.6 Å². The minimum absolute atomic E-state index is 0.493. The lowest BCUT2D eigenvalue weighted by molar-refractivity contribution is 0.860. The van der Waals surface area contributed by atoms with Gasteiger partial charge < -0.3 is 0 Å². The van der Waals surface area contributed by atoms with E-state index in [4.69, 9.17) is 11.6 Å². The van der Waals surface area contributed by atoms with Gasteiger partial charge in [-0.3, -0.25) is 0 Å². The molecule has 1 aliphatic rings. The molecule has 0 amide bonds. The molecule has 0 bridgehead atoms. The van der Waals surface area contributed by atoms with Gasteiger partial charge in [0, 0.05) is 17.7 Å². The molecule has 0 aromatic carbocycles. The quantitative estimate of drug-likeness (QED) is 0.807. The van der Waals surface area contributed by atoms with Crippen LogP contribution in [0.15, 0.2) is 28.6 Å². The van der Waals surface area contributed by atoms with E-state index < -0.39 is 0 Å². The summed E-state index contributed by atoms with van der Waals surface area (Å²) in [5.74, 6) is 1.36. The van der Waals surface area contributed by atoms with Crippen molar-refractivity contribution in [3.05, 3.63) is 35.1 Å². The van der Waals surface area contributed by atoms with Gasteiger partial charge in [-0.05, 0) is 37.6 Å². The van der Waals surface area contributed by atoms with Gasteiger partial charge in [-0.25, -0.2) is 19.9 Å². The molecule has 0 spiro atoms. The molecule has 0 unspecified atom stereocenters. The van der Waals surface area contributed by atoms with Crippen LogP contribution in [0.5, 0.6) is 0 Å². The zero-order valence-corrected chi connectivity index (χ0v) is 11.4. The van der Waals surface area contributed by atoms with Gasteiger partial charge >= 0.3 is 0 Å². The zero-order chi connectivity index (χ0) is 12.5. The van der Waals surface area contributed by atoms with Crippen molar-refractivity contribution in [1.82, 2.24) is 19.9 Å². The maximum absolute atomic E-state index is 6.16. The maximum Gasteiger partial charge on any atom is 0.136 e. The average molecular weight is 279 g/mol. The molecule has 0 aliphatic heterocycles. The van der Waals surface area contributed by atoms with E-state index in [-0.39, 0.29) is 0 Å². The molecule has 6 heteroatoms. The molecule has 4 nitrogen and oxygen atoms in total. The fourth-order valence-electron chi connectivity index (χ4n) is 1.55. The Bertz CT molecular complexity index is 572. The largest absolute Gasteiger partial charge is 0.245 e. The lowest BCUT2D eigenvalue weighted by Gasteiger charge is -2.07. The molecular formula is C12H11ClN4S. The average Bonchev–Trinajstić information content (AvgIpc) is 3.20. The van der Waals surface area contributed by atoms with Gasteiger partial charge in [0.2, 0.25) is 0 Å².